The van der Waals surface area contributed by atoms with E-state index >= 15 is 0 Å². The topological polar surface area (TPSA) is 96.0 Å². The average molecular weight is 464 g/mol. The Balaban J connectivity index is 1.89. The molecule has 7 nitrogen and oxygen atoms in total. The number of aromatic hydroxyl groups is 1. The number of thiocarbonyl (C=S) groups is 1. The number of carbonyl (C=O) groups is 1. The van der Waals surface area contributed by atoms with Gasteiger partial charge in [-0.05, 0) is 42.6 Å². The summed E-state index contributed by atoms with van der Waals surface area (Å²) < 4.78 is 0.930. The second-order valence-corrected chi connectivity index (χ2v) is 7.85. The first-order valence-corrected chi connectivity index (χ1v) is 9.42. The number of nitro groups is 1. The zero-order valence-corrected chi connectivity index (χ0v) is 16.6. The van der Waals surface area contributed by atoms with Crippen molar-refractivity contribution in [2.45, 2.75) is 0 Å². The van der Waals surface area contributed by atoms with Crippen LogP contribution in [0.1, 0.15) is 11.1 Å². The molecule has 0 radical (unpaired) electrons. The first-order chi connectivity index (χ1) is 12.9. The summed E-state index contributed by atoms with van der Waals surface area (Å²) in [5.41, 5.74) is 0.600. The molecule has 1 N–H and O–H groups in total. The molecular formula is C17H10BrN3O4S2. The van der Waals surface area contributed by atoms with Crippen molar-refractivity contribution in [2.24, 2.45) is 5.10 Å². The lowest BCUT2D eigenvalue weighted by molar-refractivity contribution is -0.385. The molecule has 136 valence electrons. The quantitative estimate of drug-likeness (QED) is 0.238. The predicted molar refractivity (Wildman–Crippen MR) is 112 cm³/mol. The third-order valence-electron chi connectivity index (χ3n) is 3.50. The fourth-order valence-electron chi connectivity index (χ4n) is 2.22. The number of rotatable bonds is 4. The first kappa shape index (κ1) is 19.2. The molecule has 0 bridgehead atoms. The van der Waals surface area contributed by atoms with Crippen molar-refractivity contribution < 1.29 is 14.8 Å². The molecule has 0 aliphatic carbocycles. The summed E-state index contributed by atoms with van der Waals surface area (Å²) in [5.74, 6) is -0.489. The summed E-state index contributed by atoms with van der Waals surface area (Å²) >= 11 is 9.47. The number of hydrogen-bond acceptors (Lipinski definition) is 7. The third kappa shape index (κ3) is 4.24. The molecule has 1 fully saturated rings. The number of amides is 1. The highest BCUT2D eigenvalue weighted by Gasteiger charge is 2.32. The number of benzene rings is 2. The second-order valence-electron chi connectivity index (χ2n) is 5.26. The fourth-order valence-corrected chi connectivity index (χ4v) is 3.77. The van der Waals surface area contributed by atoms with Gasteiger partial charge in [0, 0.05) is 16.1 Å². The Morgan fingerprint density at radius 2 is 2.00 bits per heavy atom. The van der Waals surface area contributed by atoms with Gasteiger partial charge in [0.05, 0.1) is 21.6 Å². The number of halogens is 1. The second kappa shape index (κ2) is 7.99. The van der Waals surface area contributed by atoms with Crippen LogP contribution in [-0.4, -0.2) is 31.5 Å². The van der Waals surface area contributed by atoms with Crippen LogP contribution < -0.4 is 0 Å². The number of nitrogens with zero attached hydrogens (tertiary/aromatic N) is 3. The molecule has 27 heavy (non-hydrogen) atoms. The van der Waals surface area contributed by atoms with E-state index in [9.17, 15) is 20.0 Å². The number of para-hydroxylation sites is 1. The maximum atomic E-state index is 12.6. The molecule has 1 amide bonds. The molecule has 2 aromatic rings. The largest absolute Gasteiger partial charge is 0.507 e. The molecule has 3 rings (SSSR count). The predicted octanol–water partition coefficient (Wildman–Crippen LogP) is 4.30. The monoisotopic (exact) mass is 463 g/mol. The maximum absolute atomic E-state index is 12.6. The standard InChI is InChI=1S/C17H10BrN3O4S2/c18-12-5-6-14(22)11(7-12)9-19-20-16(23)15(27-17(20)26)8-10-3-1-2-4-13(10)21(24)25/h1-9,22H. The Morgan fingerprint density at radius 3 is 2.74 bits per heavy atom. The number of hydrogen-bond donors (Lipinski definition) is 1. The lowest BCUT2D eigenvalue weighted by atomic mass is 10.1. The van der Waals surface area contributed by atoms with E-state index in [1.165, 1.54) is 24.4 Å². The van der Waals surface area contributed by atoms with E-state index in [2.05, 4.69) is 21.0 Å². The van der Waals surface area contributed by atoms with Crippen molar-refractivity contribution in [1.29, 1.82) is 0 Å². The van der Waals surface area contributed by atoms with Crippen LogP contribution in [-0.2, 0) is 4.79 Å². The number of phenols is 1. The molecule has 2 aromatic carbocycles. The molecule has 1 heterocycles. The van der Waals surface area contributed by atoms with Crippen LogP contribution >= 0.6 is 39.9 Å². The lowest BCUT2D eigenvalue weighted by Gasteiger charge is -2.06. The molecule has 1 aliphatic heterocycles. The highest BCUT2D eigenvalue weighted by Crippen LogP contribution is 2.34. The van der Waals surface area contributed by atoms with Gasteiger partial charge in [-0.15, -0.1) is 0 Å². The van der Waals surface area contributed by atoms with Crippen molar-refractivity contribution >= 4 is 68.1 Å². The van der Waals surface area contributed by atoms with Crippen LogP contribution in [0.3, 0.4) is 0 Å². The minimum absolute atomic E-state index is 0.00263. The molecule has 10 heteroatoms. The van der Waals surface area contributed by atoms with E-state index in [1.807, 2.05) is 0 Å². The van der Waals surface area contributed by atoms with Crippen LogP contribution in [0.4, 0.5) is 5.69 Å². The average Bonchev–Trinajstić information content (AvgIpc) is 2.89. The number of carbonyl (C=O) groups excluding carboxylic acids is 1. The first-order valence-electron chi connectivity index (χ1n) is 7.40. The molecular weight excluding hydrogens is 454 g/mol. The summed E-state index contributed by atoms with van der Waals surface area (Å²) in [5, 5.41) is 26.0. The summed E-state index contributed by atoms with van der Waals surface area (Å²) in [7, 11) is 0. The van der Waals surface area contributed by atoms with E-state index in [0.717, 1.165) is 21.2 Å². The van der Waals surface area contributed by atoms with Gasteiger partial charge in [-0.2, -0.15) is 10.1 Å². The normalized spacial score (nSPS) is 15.9. The van der Waals surface area contributed by atoms with Gasteiger partial charge in [0.1, 0.15) is 5.75 Å². The molecule has 0 unspecified atom stereocenters. The molecule has 1 saturated heterocycles. The SMILES string of the molecule is O=C1C(=Cc2ccccc2[N+](=O)[O-])SC(=S)N1N=Cc1cc(Br)ccc1O. The highest BCUT2D eigenvalue weighted by atomic mass is 79.9. The van der Waals surface area contributed by atoms with Crippen molar-refractivity contribution in [2.75, 3.05) is 0 Å². The summed E-state index contributed by atoms with van der Waals surface area (Å²) in [4.78, 5) is 23.4. The number of hydrazone groups is 1. The van der Waals surface area contributed by atoms with Gasteiger partial charge in [0.25, 0.3) is 11.6 Å². The minimum atomic E-state index is -0.513. The van der Waals surface area contributed by atoms with Crippen molar-refractivity contribution in [3.05, 3.63) is 73.1 Å². The highest BCUT2D eigenvalue weighted by molar-refractivity contribution is 9.10. The molecule has 0 aromatic heterocycles. The van der Waals surface area contributed by atoms with Crippen LogP contribution in [0.5, 0.6) is 5.75 Å². The van der Waals surface area contributed by atoms with Gasteiger partial charge < -0.3 is 5.11 Å². The van der Waals surface area contributed by atoms with Gasteiger partial charge in [-0.25, -0.2) is 0 Å². The van der Waals surface area contributed by atoms with Crippen molar-refractivity contribution in [1.82, 2.24) is 5.01 Å². The van der Waals surface area contributed by atoms with E-state index in [0.29, 0.717) is 11.1 Å². The Kier molecular flexibility index (Phi) is 5.68. The summed E-state index contributed by atoms with van der Waals surface area (Å²) in [6.07, 6.45) is 2.74. The van der Waals surface area contributed by atoms with Crippen LogP contribution in [0, 0.1) is 10.1 Å². The third-order valence-corrected chi connectivity index (χ3v) is 5.27. The molecule has 1 aliphatic rings. The minimum Gasteiger partial charge on any atom is -0.507 e. The van der Waals surface area contributed by atoms with E-state index in [1.54, 1.807) is 30.3 Å². The summed E-state index contributed by atoms with van der Waals surface area (Å²) in [6.45, 7) is 0. The Labute approximate surface area is 171 Å². The van der Waals surface area contributed by atoms with Crippen molar-refractivity contribution in [3.8, 4) is 5.75 Å². The number of nitro benzene ring substituents is 1. The Hall–Kier alpha value is -2.56. The van der Waals surface area contributed by atoms with Crippen molar-refractivity contribution in [3.63, 3.8) is 0 Å². The van der Waals surface area contributed by atoms with E-state index < -0.39 is 10.8 Å². The van der Waals surface area contributed by atoms with Gasteiger partial charge in [0.2, 0.25) is 0 Å². The fraction of sp³-hybridized carbons (Fsp3) is 0. The number of thioether (sulfide) groups is 1. The maximum Gasteiger partial charge on any atom is 0.286 e. The zero-order chi connectivity index (χ0) is 19.6. The summed E-state index contributed by atoms with van der Waals surface area (Å²) in [6, 6.07) is 10.9. The lowest BCUT2D eigenvalue weighted by Crippen LogP contribution is -2.22. The van der Waals surface area contributed by atoms with Crippen LogP contribution in [0.2, 0.25) is 0 Å². The van der Waals surface area contributed by atoms with E-state index in [-0.39, 0.29) is 20.7 Å². The molecule has 0 spiro atoms. The van der Waals surface area contributed by atoms with Crippen LogP contribution in [0.15, 0.2) is 56.9 Å². The Morgan fingerprint density at radius 1 is 1.26 bits per heavy atom. The van der Waals surface area contributed by atoms with Gasteiger partial charge >= 0.3 is 0 Å². The van der Waals surface area contributed by atoms with Gasteiger partial charge in [-0.1, -0.05) is 39.8 Å². The zero-order valence-electron chi connectivity index (χ0n) is 13.4. The molecule has 0 saturated carbocycles. The number of phenolic OH excluding ortho intramolecular Hbond substituents is 1. The van der Waals surface area contributed by atoms with Crippen LogP contribution in [0.25, 0.3) is 6.08 Å². The molecule has 0 atom stereocenters. The Bertz CT molecular complexity index is 1020. The van der Waals surface area contributed by atoms with Gasteiger partial charge in [0.15, 0.2) is 4.32 Å². The van der Waals surface area contributed by atoms with E-state index in [4.69, 9.17) is 12.2 Å². The smallest absolute Gasteiger partial charge is 0.286 e. The van der Waals surface area contributed by atoms with Gasteiger partial charge in [-0.3, -0.25) is 14.9 Å².